The third-order valence-corrected chi connectivity index (χ3v) is 9.46. The molecule has 0 aromatic heterocycles. The van der Waals surface area contributed by atoms with E-state index in [4.69, 9.17) is 14.2 Å². The van der Waals surface area contributed by atoms with Crippen LogP contribution >= 0.6 is 11.8 Å². The number of hydrogen-bond acceptors (Lipinski definition) is 6. The molecule has 0 saturated carbocycles. The quantitative estimate of drug-likeness (QED) is 0.117. The Morgan fingerprint density at radius 3 is 2.21 bits per heavy atom. The van der Waals surface area contributed by atoms with Crippen molar-refractivity contribution in [2.24, 2.45) is 0 Å². The molecule has 0 spiro atoms. The van der Waals surface area contributed by atoms with Gasteiger partial charge in [-0.1, -0.05) is 103 Å². The number of rotatable bonds is 12. The van der Waals surface area contributed by atoms with Crippen LogP contribution in [0.3, 0.4) is 0 Å². The van der Waals surface area contributed by atoms with Crippen LogP contribution in [0.4, 0.5) is 4.79 Å². The fraction of sp³-hybridized carbons (Fsp3) is 0.225. The zero-order valence-corrected chi connectivity index (χ0v) is 27.7. The number of benzene rings is 5. The summed E-state index contributed by atoms with van der Waals surface area (Å²) in [5, 5.41) is 15.4. The molecule has 3 atom stereocenters. The van der Waals surface area contributed by atoms with Gasteiger partial charge in [0.1, 0.15) is 5.75 Å². The first-order valence-electron chi connectivity index (χ1n) is 16.1. The first-order chi connectivity index (χ1) is 23.6. The molecule has 1 aliphatic heterocycles. The van der Waals surface area contributed by atoms with Crippen molar-refractivity contribution in [3.05, 3.63) is 155 Å². The lowest BCUT2D eigenvalue weighted by Crippen LogP contribution is -2.34. The van der Waals surface area contributed by atoms with E-state index >= 15 is 0 Å². The number of ether oxygens (including phenoxy) is 3. The maximum absolute atomic E-state index is 12.4. The summed E-state index contributed by atoms with van der Waals surface area (Å²) in [6, 6.07) is 42.0. The minimum Gasteiger partial charge on any atom is -0.496 e. The van der Waals surface area contributed by atoms with Gasteiger partial charge in [-0.15, -0.1) is 11.8 Å². The van der Waals surface area contributed by atoms with E-state index in [2.05, 4.69) is 41.0 Å². The SMILES string of the molecule is COc1ccccc1SC[C@@H]1C[C@H](c2ccc(CO)cc2)O[C@H](c2cccc(-c3cccc(CNC(=O)NCc4ccccc4)c3)c2)O1. The summed E-state index contributed by atoms with van der Waals surface area (Å²) < 4.78 is 18.8. The van der Waals surface area contributed by atoms with Crippen LogP contribution in [0.2, 0.25) is 0 Å². The van der Waals surface area contributed by atoms with Gasteiger partial charge in [0.25, 0.3) is 0 Å². The van der Waals surface area contributed by atoms with Crippen molar-refractivity contribution >= 4 is 17.8 Å². The minimum atomic E-state index is -0.567. The molecular formula is C40H40N2O5S. The Labute approximate surface area is 286 Å². The van der Waals surface area contributed by atoms with Crippen molar-refractivity contribution in [1.82, 2.24) is 10.6 Å². The lowest BCUT2D eigenvalue weighted by Gasteiger charge is -2.36. The van der Waals surface area contributed by atoms with Crippen molar-refractivity contribution in [2.75, 3.05) is 12.9 Å². The number of para-hydroxylation sites is 1. The predicted molar refractivity (Wildman–Crippen MR) is 190 cm³/mol. The van der Waals surface area contributed by atoms with Crippen molar-refractivity contribution in [3.63, 3.8) is 0 Å². The summed E-state index contributed by atoms with van der Waals surface area (Å²) in [4.78, 5) is 13.5. The van der Waals surface area contributed by atoms with Crippen molar-refractivity contribution in [2.45, 2.75) is 49.5 Å². The number of thioether (sulfide) groups is 1. The molecule has 7 nitrogen and oxygen atoms in total. The number of carbonyl (C=O) groups excluding carboxylic acids is 1. The maximum Gasteiger partial charge on any atom is 0.315 e. The molecule has 1 heterocycles. The lowest BCUT2D eigenvalue weighted by atomic mass is 9.99. The van der Waals surface area contributed by atoms with Gasteiger partial charge in [0.05, 0.1) is 25.9 Å². The molecule has 2 amide bonds. The van der Waals surface area contributed by atoms with Crippen molar-refractivity contribution in [1.29, 1.82) is 0 Å². The number of urea groups is 1. The van der Waals surface area contributed by atoms with Gasteiger partial charge in [0.15, 0.2) is 6.29 Å². The number of nitrogens with one attached hydrogen (secondary N) is 2. The van der Waals surface area contributed by atoms with E-state index < -0.39 is 6.29 Å². The van der Waals surface area contributed by atoms with Crippen LogP contribution in [-0.2, 0) is 29.2 Å². The maximum atomic E-state index is 12.4. The lowest BCUT2D eigenvalue weighted by molar-refractivity contribution is -0.245. The van der Waals surface area contributed by atoms with E-state index in [1.165, 1.54) is 0 Å². The first-order valence-corrected chi connectivity index (χ1v) is 17.1. The number of aliphatic hydroxyl groups is 1. The number of amides is 2. The Balaban J connectivity index is 1.16. The van der Waals surface area contributed by atoms with Gasteiger partial charge in [0, 0.05) is 35.7 Å². The second-order valence-electron chi connectivity index (χ2n) is 11.7. The molecule has 246 valence electrons. The normalized spacial score (nSPS) is 17.4. The summed E-state index contributed by atoms with van der Waals surface area (Å²) in [6.07, 6.45) is -0.120. The Morgan fingerprint density at radius 1 is 0.750 bits per heavy atom. The van der Waals surface area contributed by atoms with Gasteiger partial charge >= 0.3 is 6.03 Å². The van der Waals surface area contributed by atoms with E-state index in [0.29, 0.717) is 19.5 Å². The second kappa shape index (κ2) is 16.5. The highest BCUT2D eigenvalue weighted by molar-refractivity contribution is 7.99. The molecule has 0 radical (unpaired) electrons. The summed E-state index contributed by atoms with van der Waals surface area (Å²) in [7, 11) is 1.69. The average molecular weight is 661 g/mol. The van der Waals surface area contributed by atoms with Crippen LogP contribution in [-0.4, -0.2) is 30.1 Å². The molecule has 1 aliphatic rings. The molecular weight excluding hydrogens is 621 g/mol. The Bertz CT molecular complexity index is 1780. The van der Waals surface area contributed by atoms with Crippen LogP contribution in [0.5, 0.6) is 5.75 Å². The molecule has 5 aromatic rings. The minimum absolute atomic E-state index is 0.00121. The topological polar surface area (TPSA) is 89.0 Å². The molecule has 8 heteroatoms. The van der Waals surface area contributed by atoms with Crippen LogP contribution in [0.15, 0.2) is 132 Å². The second-order valence-corrected chi connectivity index (χ2v) is 12.7. The van der Waals surface area contributed by atoms with Gasteiger partial charge in [-0.05, 0) is 57.6 Å². The van der Waals surface area contributed by atoms with Gasteiger partial charge in [0.2, 0.25) is 0 Å². The summed E-state index contributed by atoms with van der Waals surface area (Å²) in [5.41, 5.74) is 6.96. The highest BCUT2D eigenvalue weighted by Crippen LogP contribution is 2.41. The zero-order valence-electron chi connectivity index (χ0n) is 26.9. The molecule has 3 N–H and O–H groups in total. The van der Waals surface area contributed by atoms with Crippen LogP contribution in [0.1, 0.15) is 46.6 Å². The third-order valence-electron chi connectivity index (χ3n) is 8.28. The standard InChI is InChI=1S/C40H40N2O5S/c1-45-36-15-5-6-16-38(36)48-27-35-23-37(31-19-17-29(26-43)18-20-31)47-39(46-35)34-14-8-13-33(22-34)32-12-7-11-30(21-32)25-42-40(44)41-24-28-9-3-2-4-10-28/h2-22,35,37,39,43H,23-27H2,1H3,(H2,41,42,44)/t35-,37+,39+/m0/s1. The summed E-state index contributed by atoms with van der Waals surface area (Å²) in [6.45, 7) is 0.881. The van der Waals surface area contributed by atoms with Gasteiger partial charge < -0.3 is 30.0 Å². The molecule has 1 fully saturated rings. The summed E-state index contributed by atoms with van der Waals surface area (Å²) in [5.74, 6) is 1.58. The third kappa shape index (κ3) is 8.85. The smallest absolute Gasteiger partial charge is 0.315 e. The highest BCUT2D eigenvalue weighted by Gasteiger charge is 2.32. The van der Waals surface area contributed by atoms with Crippen LogP contribution in [0.25, 0.3) is 11.1 Å². The monoisotopic (exact) mass is 660 g/mol. The largest absolute Gasteiger partial charge is 0.496 e. The fourth-order valence-corrected chi connectivity index (χ4v) is 6.74. The Hall–Kier alpha value is -4.60. The molecule has 0 aliphatic carbocycles. The van der Waals surface area contributed by atoms with Gasteiger partial charge in [-0.2, -0.15) is 0 Å². The number of hydrogen-bond donors (Lipinski definition) is 3. The zero-order chi connectivity index (χ0) is 33.1. The molecule has 0 bridgehead atoms. The van der Waals surface area contributed by atoms with E-state index in [1.807, 2.05) is 97.1 Å². The van der Waals surface area contributed by atoms with Gasteiger partial charge in [-0.3, -0.25) is 0 Å². The predicted octanol–water partition coefficient (Wildman–Crippen LogP) is 8.19. The van der Waals surface area contributed by atoms with E-state index in [9.17, 15) is 9.90 Å². The molecule has 1 saturated heterocycles. The first kappa shape index (κ1) is 33.3. The van der Waals surface area contributed by atoms with E-state index in [-0.39, 0.29) is 24.8 Å². The number of aliphatic hydroxyl groups excluding tert-OH is 1. The van der Waals surface area contributed by atoms with E-state index in [0.717, 1.165) is 55.3 Å². The Kier molecular flexibility index (Phi) is 11.4. The van der Waals surface area contributed by atoms with E-state index in [1.54, 1.807) is 18.9 Å². The Morgan fingerprint density at radius 2 is 1.44 bits per heavy atom. The number of methoxy groups -OCH3 is 1. The van der Waals surface area contributed by atoms with Crippen molar-refractivity contribution in [3.8, 4) is 16.9 Å². The average Bonchev–Trinajstić information content (AvgIpc) is 3.16. The van der Waals surface area contributed by atoms with Crippen LogP contribution in [0, 0.1) is 0 Å². The molecule has 48 heavy (non-hydrogen) atoms. The highest BCUT2D eigenvalue weighted by atomic mass is 32.2. The van der Waals surface area contributed by atoms with Gasteiger partial charge in [-0.25, -0.2) is 4.79 Å². The fourth-order valence-electron chi connectivity index (χ4n) is 5.69. The molecule has 6 rings (SSSR count). The number of carbonyl (C=O) groups is 1. The molecule has 0 unspecified atom stereocenters. The van der Waals surface area contributed by atoms with Crippen LogP contribution < -0.4 is 15.4 Å². The summed E-state index contributed by atoms with van der Waals surface area (Å²) >= 11 is 1.72. The molecule has 5 aromatic carbocycles. The van der Waals surface area contributed by atoms with Crippen molar-refractivity contribution < 1.29 is 24.1 Å².